The Morgan fingerprint density at radius 3 is 2.47 bits per heavy atom. The third kappa shape index (κ3) is 5.97. The van der Waals surface area contributed by atoms with Crippen molar-refractivity contribution in [3.8, 4) is 5.88 Å². The minimum atomic E-state index is -4.63. The standard InChI is InChI=1S/C24H30F3N5O2/c1-2-31-12-14-32(15-13-31)22-4-3-5-23(29-22)34-19-9-6-17(7-10-19)28-18-8-11-21(30-33)20(16-18)24(25,26)27/h3-5,8,11,16-17,19,28H,2,6-7,9-10,12-15H2,1H3. The first-order valence-corrected chi connectivity index (χ1v) is 11.8. The van der Waals surface area contributed by atoms with Crippen molar-refractivity contribution in [2.45, 2.75) is 50.9 Å². The highest BCUT2D eigenvalue weighted by Gasteiger charge is 2.34. The van der Waals surface area contributed by atoms with Crippen LogP contribution in [0.2, 0.25) is 0 Å². The molecule has 0 bridgehead atoms. The van der Waals surface area contributed by atoms with Crippen LogP contribution in [0.25, 0.3) is 0 Å². The molecule has 0 amide bonds. The summed E-state index contributed by atoms with van der Waals surface area (Å²) >= 11 is 0. The molecule has 7 nitrogen and oxygen atoms in total. The number of hydrogen-bond acceptors (Lipinski definition) is 7. The Morgan fingerprint density at radius 1 is 1.09 bits per heavy atom. The smallest absolute Gasteiger partial charge is 0.418 e. The molecule has 2 aromatic rings. The first-order valence-electron chi connectivity index (χ1n) is 11.8. The summed E-state index contributed by atoms with van der Waals surface area (Å²) in [7, 11) is 0. The molecular formula is C24H30F3N5O2. The molecule has 1 aromatic carbocycles. The van der Waals surface area contributed by atoms with Gasteiger partial charge in [0.05, 0.1) is 5.56 Å². The second-order valence-corrected chi connectivity index (χ2v) is 8.81. The summed E-state index contributed by atoms with van der Waals surface area (Å²) in [5.41, 5.74) is -1.29. The van der Waals surface area contributed by atoms with Crippen molar-refractivity contribution in [2.24, 2.45) is 5.18 Å². The Kier molecular flexibility index (Phi) is 7.55. The second kappa shape index (κ2) is 10.6. The van der Waals surface area contributed by atoms with Crippen molar-refractivity contribution in [3.63, 3.8) is 0 Å². The van der Waals surface area contributed by atoms with Crippen LogP contribution in [0.3, 0.4) is 0 Å². The number of hydrogen-bond donors (Lipinski definition) is 1. The fraction of sp³-hybridized carbons (Fsp3) is 0.542. The summed E-state index contributed by atoms with van der Waals surface area (Å²) in [5, 5.41) is 5.66. The number of nitroso groups, excluding NO2 is 1. The van der Waals surface area contributed by atoms with Crippen LogP contribution in [0.5, 0.6) is 5.88 Å². The molecule has 1 aromatic heterocycles. The van der Waals surface area contributed by atoms with Crippen molar-refractivity contribution < 1.29 is 17.9 Å². The van der Waals surface area contributed by atoms with Gasteiger partial charge in [0.2, 0.25) is 5.88 Å². The van der Waals surface area contributed by atoms with Gasteiger partial charge < -0.3 is 19.9 Å². The van der Waals surface area contributed by atoms with Crippen molar-refractivity contribution in [2.75, 3.05) is 42.9 Å². The monoisotopic (exact) mass is 477 g/mol. The van der Waals surface area contributed by atoms with Gasteiger partial charge in [-0.25, -0.2) is 0 Å². The number of halogens is 3. The van der Waals surface area contributed by atoms with E-state index in [-0.39, 0.29) is 12.1 Å². The van der Waals surface area contributed by atoms with Crippen LogP contribution in [0.15, 0.2) is 41.6 Å². The molecule has 2 aliphatic rings. The van der Waals surface area contributed by atoms with Gasteiger partial charge in [0, 0.05) is 44.0 Å². The third-order valence-corrected chi connectivity index (χ3v) is 6.59. The van der Waals surface area contributed by atoms with Crippen molar-refractivity contribution in [1.82, 2.24) is 9.88 Å². The van der Waals surface area contributed by atoms with E-state index in [1.165, 1.54) is 6.07 Å². The van der Waals surface area contributed by atoms with Gasteiger partial charge in [-0.2, -0.15) is 18.2 Å². The molecule has 2 heterocycles. The first-order chi connectivity index (χ1) is 16.4. The number of anilines is 2. The average molecular weight is 478 g/mol. The summed E-state index contributed by atoms with van der Waals surface area (Å²) in [6.45, 7) is 7.18. The molecule has 0 unspecified atom stereocenters. The predicted octanol–water partition coefficient (Wildman–Crippen LogP) is 5.44. The van der Waals surface area contributed by atoms with Crippen LogP contribution in [0.4, 0.5) is 30.4 Å². The van der Waals surface area contributed by atoms with E-state index in [4.69, 9.17) is 9.72 Å². The number of alkyl halides is 3. The Balaban J connectivity index is 1.30. The van der Waals surface area contributed by atoms with Gasteiger partial charge in [-0.1, -0.05) is 13.0 Å². The number of pyridine rings is 1. The van der Waals surface area contributed by atoms with Crippen molar-refractivity contribution in [1.29, 1.82) is 0 Å². The Morgan fingerprint density at radius 2 is 1.82 bits per heavy atom. The maximum Gasteiger partial charge on any atom is 0.418 e. The molecule has 1 aliphatic carbocycles. The quantitative estimate of drug-likeness (QED) is 0.536. The number of rotatable bonds is 7. The fourth-order valence-electron chi connectivity index (χ4n) is 4.60. The fourth-order valence-corrected chi connectivity index (χ4v) is 4.60. The van der Waals surface area contributed by atoms with E-state index >= 15 is 0 Å². The molecule has 0 radical (unpaired) electrons. The Labute approximate surface area is 197 Å². The normalized spacial score (nSPS) is 21.8. The van der Waals surface area contributed by atoms with Crippen LogP contribution in [-0.4, -0.2) is 54.8 Å². The molecule has 1 saturated heterocycles. The molecule has 0 atom stereocenters. The molecule has 1 aliphatic heterocycles. The van der Waals surface area contributed by atoms with E-state index in [0.717, 1.165) is 76.4 Å². The zero-order valence-electron chi connectivity index (χ0n) is 19.2. The minimum Gasteiger partial charge on any atom is -0.474 e. The highest BCUT2D eigenvalue weighted by molar-refractivity contribution is 5.58. The largest absolute Gasteiger partial charge is 0.474 e. The molecule has 10 heteroatoms. The number of benzene rings is 1. The summed E-state index contributed by atoms with van der Waals surface area (Å²) < 4.78 is 45.7. The lowest BCUT2D eigenvalue weighted by Gasteiger charge is -2.35. The van der Waals surface area contributed by atoms with E-state index < -0.39 is 17.4 Å². The summed E-state index contributed by atoms with van der Waals surface area (Å²) in [5.74, 6) is 1.54. The number of nitrogens with zero attached hydrogens (tertiary/aromatic N) is 4. The minimum absolute atomic E-state index is 0.0186. The topological polar surface area (TPSA) is 70.1 Å². The molecule has 2 fully saturated rings. The van der Waals surface area contributed by atoms with E-state index in [9.17, 15) is 18.1 Å². The lowest BCUT2D eigenvalue weighted by atomic mass is 9.92. The molecule has 1 N–H and O–H groups in total. The lowest BCUT2D eigenvalue weighted by Crippen LogP contribution is -2.46. The summed E-state index contributed by atoms with van der Waals surface area (Å²) in [6, 6.07) is 9.40. The zero-order valence-corrected chi connectivity index (χ0v) is 19.2. The number of piperazine rings is 1. The molecule has 0 spiro atoms. The van der Waals surface area contributed by atoms with E-state index in [1.54, 1.807) is 0 Å². The van der Waals surface area contributed by atoms with Crippen LogP contribution < -0.4 is 15.0 Å². The predicted molar refractivity (Wildman–Crippen MR) is 126 cm³/mol. The third-order valence-electron chi connectivity index (χ3n) is 6.59. The van der Waals surface area contributed by atoms with Crippen LogP contribution in [-0.2, 0) is 6.18 Å². The Bertz CT molecular complexity index is 971. The lowest BCUT2D eigenvalue weighted by molar-refractivity contribution is -0.137. The van der Waals surface area contributed by atoms with Gasteiger partial charge in [0.15, 0.2) is 0 Å². The average Bonchev–Trinajstić information content (AvgIpc) is 2.85. The maximum atomic E-state index is 13.2. The van der Waals surface area contributed by atoms with Crippen LogP contribution >= 0.6 is 0 Å². The first kappa shape index (κ1) is 24.3. The molecule has 184 valence electrons. The number of likely N-dealkylation sites (N-methyl/N-ethyl adjacent to an activating group) is 1. The highest BCUT2D eigenvalue weighted by atomic mass is 19.4. The van der Waals surface area contributed by atoms with E-state index in [0.29, 0.717) is 11.6 Å². The number of ether oxygens (including phenoxy) is 1. The zero-order chi connectivity index (χ0) is 24.1. The van der Waals surface area contributed by atoms with Gasteiger partial charge in [0.25, 0.3) is 0 Å². The molecule has 1 saturated carbocycles. The SMILES string of the molecule is CCN1CCN(c2cccc(OC3CCC(Nc4ccc(N=O)c(C(F)(F)F)c4)CC3)n2)CC1. The van der Waals surface area contributed by atoms with Gasteiger partial charge >= 0.3 is 6.18 Å². The van der Waals surface area contributed by atoms with E-state index in [2.05, 4.69) is 27.2 Å². The number of aromatic nitrogens is 1. The molecular weight excluding hydrogens is 447 g/mol. The van der Waals surface area contributed by atoms with E-state index in [1.807, 2.05) is 18.2 Å². The highest BCUT2D eigenvalue weighted by Crippen LogP contribution is 2.38. The van der Waals surface area contributed by atoms with Crippen LogP contribution in [0.1, 0.15) is 38.2 Å². The summed E-state index contributed by atoms with van der Waals surface area (Å²) in [6.07, 6.45) is -1.53. The molecule has 34 heavy (non-hydrogen) atoms. The van der Waals surface area contributed by atoms with Crippen molar-refractivity contribution in [3.05, 3.63) is 46.9 Å². The van der Waals surface area contributed by atoms with Gasteiger partial charge in [-0.3, -0.25) is 0 Å². The maximum absolute atomic E-state index is 13.2. The van der Waals surface area contributed by atoms with Gasteiger partial charge in [-0.15, -0.1) is 4.91 Å². The van der Waals surface area contributed by atoms with Gasteiger partial charge in [0.1, 0.15) is 17.6 Å². The second-order valence-electron chi connectivity index (χ2n) is 8.81. The van der Waals surface area contributed by atoms with Crippen LogP contribution in [0, 0.1) is 4.91 Å². The summed E-state index contributed by atoms with van der Waals surface area (Å²) in [4.78, 5) is 20.1. The van der Waals surface area contributed by atoms with Gasteiger partial charge in [-0.05, 0) is 61.7 Å². The van der Waals surface area contributed by atoms with Crippen molar-refractivity contribution >= 4 is 17.2 Å². The molecule has 4 rings (SSSR count). The Hall–Kier alpha value is -2.88. The number of nitrogens with one attached hydrogen (secondary N) is 1.